The SMILES string of the molecule is CCc1ccc(N(c2ccc(C)cc2)c2ccc3c(-c4ccc5ccccc5c4)c4cc(N(c5ccc(C)cc5)c5ccc(CC(C)C)cc5)ccc4c(-c4ccc5ccccc5c4)c3c2)cc1. The molecular weight excluding hydrogens is 821 g/mol. The molecule has 11 rings (SSSR count). The summed E-state index contributed by atoms with van der Waals surface area (Å²) >= 11 is 0. The Balaban J connectivity index is 1.23. The van der Waals surface area contributed by atoms with Gasteiger partial charge in [0, 0.05) is 34.1 Å². The molecule has 0 saturated carbocycles. The van der Waals surface area contributed by atoms with E-state index in [1.807, 2.05) is 0 Å². The van der Waals surface area contributed by atoms with Gasteiger partial charge in [-0.3, -0.25) is 0 Å². The summed E-state index contributed by atoms with van der Waals surface area (Å²) in [6, 6.07) is 81.9. The summed E-state index contributed by atoms with van der Waals surface area (Å²) in [6.45, 7) is 11.1. The second kappa shape index (κ2) is 18.0. The third-order valence-electron chi connectivity index (χ3n) is 13.7. The van der Waals surface area contributed by atoms with Crippen LogP contribution in [0.15, 0.2) is 218 Å². The van der Waals surface area contributed by atoms with Gasteiger partial charge in [0.05, 0.1) is 0 Å². The lowest BCUT2D eigenvalue weighted by molar-refractivity contribution is 0.647. The average molecular weight is 877 g/mol. The fraction of sp³-hybridized carbons (Fsp3) is 0.121. The molecule has 0 aliphatic carbocycles. The van der Waals surface area contributed by atoms with Gasteiger partial charge in [0.2, 0.25) is 0 Å². The van der Waals surface area contributed by atoms with Crippen LogP contribution in [0, 0.1) is 19.8 Å². The summed E-state index contributed by atoms with van der Waals surface area (Å²) in [5.74, 6) is 0.587. The molecule has 0 bridgehead atoms. The van der Waals surface area contributed by atoms with Crippen molar-refractivity contribution in [1.29, 1.82) is 0 Å². The molecule has 0 radical (unpaired) electrons. The van der Waals surface area contributed by atoms with Gasteiger partial charge >= 0.3 is 0 Å². The molecule has 0 atom stereocenters. The Morgan fingerprint density at radius 1 is 0.338 bits per heavy atom. The van der Waals surface area contributed by atoms with Crippen LogP contribution in [-0.2, 0) is 12.8 Å². The highest BCUT2D eigenvalue weighted by atomic mass is 15.1. The molecule has 0 saturated heterocycles. The number of hydrogen-bond donors (Lipinski definition) is 0. The monoisotopic (exact) mass is 876 g/mol. The van der Waals surface area contributed by atoms with Crippen molar-refractivity contribution in [2.24, 2.45) is 5.92 Å². The van der Waals surface area contributed by atoms with Crippen LogP contribution in [-0.4, -0.2) is 0 Å². The maximum Gasteiger partial charge on any atom is 0.0468 e. The summed E-state index contributed by atoms with van der Waals surface area (Å²) in [5, 5.41) is 9.75. The van der Waals surface area contributed by atoms with Crippen molar-refractivity contribution in [2.75, 3.05) is 9.80 Å². The Hall–Kier alpha value is -7.94. The molecule has 0 heterocycles. The fourth-order valence-corrected chi connectivity index (χ4v) is 10.2. The van der Waals surface area contributed by atoms with Gasteiger partial charge in [-0.15, -0.1) is 0 Å². The van der Waals surface area contributed by atoms with Gasteiger partial charge < -0.3 is 9.80 Å². The highest BCUT2D eigenvalue weighted by Gasteiger charge is 2.23. The molecule has 0 amide bonds. The minimum atomic E-state index is 0.587. The Morgan fingerprint density at radius 2 is 0.706 bits per heavy atom. The fourth-order valence-electron chi connectivity index (χ4n) is 10.2. The lowest BCUT2D eigenvalue weighted by Crippen LogP contribution is -2.11. The second-order valence-electron chi connectivity index (χ2n) is 19.0. The number of hydrogen-bond acceptors (Lipinski definition) is 2. The van der Waals surface area contributed by atoms with Crippen LogP contribution in [0.25, 0.3) is 65.3 Å². The topological polar surface area (TPSA) is 6.48 Å². The van der Waals surface area contributed by atoms with Gasteiger partial charge in [0.15, 0.2) is 0 Å². The van der Waals surface area contributed by atoms with Gasteiger partial charge in [0.25, 0.3) is 0 Å². The van der Waals surface area contributed by atoms with E-state index < -0.39 is 0 Å². The molecule has 68 heavy (non-hydrogen) atoms. The number of rotatable bonds is 11. The number of nitrogens with zero attached hydrogens (tertiary/aromatic N) is 2. The normalized spacial score (nSPS) is 11.6. The molecule has 0 aromatic heterocycles. The average Bonchev–Trinajstić information content (AvgIpc) is 3.37. The molecule has 11 aromatic rings. The smallest absolute Gasteiger partial charge is 0.0468 e. The first-order chi connectivity index (χ1) is 33.3. The quantitative estimate of drug-likeness (QED) is 0.119. The molecule has 330 valence electrons. The number of anilines is 6. The van der Waals surface area contributed by atoms with E-state index in [9.17, 15) is 0 Å². The Kier molecular flexibility index (Phi) is 11.3. The van der Waals surface area contributed by atoms with Gasteiger partial charge in [-0.2, -0.15) is 0 Å². The lowest BCUT2D eigenvalue weighted by Gasteiger charge is -2.28. The van der Waals surface area contributed by atoms with Crippen molar-refractivity contribution in [3.8, 4) is 22.3 Å². The first-order valence-electron chi connectivity index (χ1n) is 24.2. The minimum Gasteiger partial charge on any atom is -0.310 e. The molecular formula is C66H56N2. The van der Waals surface area contributed by atoms with Crippen LogP contribution in [0.4, 0.5) is 34.1 Å². The highest BCUT2D eigenvalue weighted by molar-refractivity contribution is 6.23. The van der Waals surface area contributed by atoms with Crippen molar-refractivity contribution in [2.45, 2.75) is 47.5 Å². The van der Waals surface area contributed by atoms with E-state index >= 15 is 0 Å². The summed E-state index contributed by atoms with van der Waals surface area (Å²) in [7, 11) is 0. The lowest BCUT2D eigenvalue weighted by atomic mass is 9.84. The summed E-state index contributed by atoms with van der Waals surface area (Å²) in [6.07, 6.45) is 2.05. The van der Waals surface area contributed by atoms with E-state index in [4.69, 9.17) is 0 Å². The van der Waals surface area contributed by atoms with E-state index in [2.05, 4.69) is 263 Å². The van der Waals surface area contributed by atoms with Crippen LogP contribution in [0.5, 0.6) is 0 Å². The van der Waals surface area contributed by atoms with Gasteiger partial charge in [-0.05, 0) is 194 Å². The van der Waals surface area contributed by atoms with E-state index in [0.29, 0.717) is 5.92 Å². The second-order valence-corrected chi connectivity index (χ2v) is 19.0. The first-order valence-corrected chi connectivity index (χ1v) is 24.2. The standard InChI is InChI=1S/C66H56N2/c1-6-47-19-31-57(32-20-47)67(55-27-15-45(4)16-28-55)59-35-37-61-63(42-59)65(53-25-23-49-11-7-9-13-51(49)40-53)62-38-36-60(43-64(62)66(61)54-26-24-50-12-8-10-14-52(50)41-54)68(56-29-17-46(5)18-30-56)58-33-21-48(22-34-58)39-44(2)3/h7-38,40-44H,6,39H2,1-5H3. The van der Waals surface area contributed by atoms with Crippen LogP contribution in [0.2, 0.25) is 0 Å². The molecule has 0 aliphatic rings. The largest absolute Gasteiger partial charge is 0.310 e. The Morgan fingerprint density at radius 3 is 1.10 bits per heavy atom. The number of fused-ring (bicyclic) bond motifs is 4. The van der Waals surface area contributed by atoms with E-state index in [1.165, 1.54) is 87.6 Å². The Labute approximate surface area is 401 Å². The van der Waals surface area contributed by atoms with Crippen molar-refractivity contribution in [3.05, 3.63) is 241 Å². The number of aryl methyl sites for hydroxylation is 3. The third-order valence-corrected chi connectivity index (χ3v) is 13.7. The van der Waals surface area contributed by atoms with Crippen molar-refractivity contribution >= 4 is 77.2 Å². The molecule has 0 spiro atoms. The van der Waals surface area contributed by atoms with E-state index in [-0.39, 0.29) is 0 Å². The molecule has 11 aromatic carbocycles. The molecule has 2 nitrogen and oxygen atoms in total. The summed E-state index contributed by atoms with van der Waals surface area (Å²) < 4.78 is 0. The Bertz CT molecular complexity index is 3600. The molecule has 2 heteroatoms. The molecule has 0 aliphatic heterocycles. The predicted molar refractivity (Wildman–Crippen MR) is 294 cm³/mol. The zero-order chi connectivity index (χ0) is 46.3. The predicted octanol–water partition coefficient (Wildman–Crippen LogP) is 19.0. The van der Waals surface area contributed by atoms with Crippen LogP contribution in [0.1, 0.15) is 43.0 Å². The molecule has 0 unspecified atom stereocenters. The van der Waals surface area contributed by atoms with Crippen molar-refractivity contribution < 1.29 is 0 Å². The highest BCUT2D eigenvalue weighted by Crippen LogP contribution is 2.49. The maximum atomic E-state index is 2.45. The van der Waals surface area contributed by atoms with E-state index in [0.717, 1.165) is 47.0 Å². The van der Waals surface area contributed by atoms with Crippen molar-refractivity contribution in [3.63, 3.8) is 0 Å². The summed E-state index contributed by atoms with van der Waals surface area (Å²) in [4.78, 5) is 4.84. The zero-order valence-electron chi connectivity index (χ0n) is 39.7. The first kappa shape index (κ1) is 42.7. The molecule has 0 N–H and O–H groups in total. The van der Waals surface area contributed by atoms with Gasteiger partial charge in [0.1, 0.15) is 0 Å². The van der Waals surface area contributed by atoms with Crippen LogP contribution >= 0.6 is 0 Å². The van der Waals surface area contributed by atoms with Gasteiger partial charge in [-0.25, -0.2) is 0 Å². The van der Waals surface area contributed by atoms with E-state index in [1.54, 1.807) is 0 Å². The minimum absolute atomic E-state index is 0.587. The van der Waals surface area contributed by atoms with Crippen LogP contribution < -0.4 is 9.80 Å². The van der Waals surface area contributed by atoms with Gasteiger partial charge in [-0.1, -0.05) is 165 Å². The number of benzene rings is 11. The maximum absolute atomic E-state index is 2.45. The van der Waals surface area contributed by atoms with Crippen LogP contribution in [0.3, 0.4) is 0 Å². The van der Waals surface area contributed by atoms with Crippen molar-refractivity contribution in [1.82, 2.24) is 0 Å². The third kappa shape index (κ3) is 8.18. The zero-order valence-corrected chi connectivity index (χ0v) is 39.7. The summed E-state index contributed by atoms with van der Waals surface area (Å²) in [5.41, 5.74) is 16.7. The molecule has 0 fully saturated rings.